The average molecular weight is 170 g/mol. The maximum absolute atomic E-state index is 5.91. The van der Waals surface area contributed by atoms with Crippen molar-refractivity contribution in [3.63, 3.8) is 0 Å². The first-order valence-corrected chi connectivity index (χ1v) is 4.17. The molecule has 60 valence electrons. The molecule has 1 rings (SSSR count). The van der Waals surface area contributed by atoms with Crippen LogP contribution in [-0.4, -0.2) is 4.98 Å². The third-order valence-corrected chi connectivity index (χ3v) is 1.78. The van der Waals surface area contributed by atoms with Crippen molar-refractivity contribution >= 4 is 11.6 Å². The molecule has 0 N–H and O–H groups in total. The first-order chi connectivity index (χ1) is 5.20. The summed E-state index contributed by atoms with van der Waals surface area (Å²) in [6, 6.07) is 3.73. The van der Waals surface area contributed by atoms with E-state index in [4.69, 9.17) is 11.6 Å². The van der Waals surface area contributed by atoms with Crippen LogP contribution in [0.2, 0.25) is 5.02 Å². The minimum Gasteiger partial charge on any atom is -0.260 e. The molecule has 0 bridgehead atoms. The molecular weight excluding hydrogens is 158 g/mol. The largest absolute Gasteiger partial charge is 0.260 e. The zero-order chi connectivity index (χ0) is 8.27. The number of halogens is 1. The van der Waals surface area contributed by atoms with Crippen LogP contribution in [-0.2, 0) is 6.42 Å². The van der Waals surface area contributed by atoms with Crippen LogP contribution in [0.1, 0.15) is 19.5 Å². The Morgan fingerprint density at radius 3 is 2.82 bits per heavy atom. The Morgan fingerprint density at radius 1 is 1.55 bits per heavy atom. The van der Waals surface area contributed by atoms with Gasteiger partial charge in [0.1, 0.15) is 0 Å². The fourth-order valence-electron chi connectivity index (χ4n) is 0.955. The van der Waals surface area contributed by atoms with Gasteiger partial charge in [-0.15, -0.1) is 0 Å². The lowest BCUT2D eigenvalue weighted by molar-refractivity contribution is 0.635. The highest BCUT2D eigenvalue weighted by atomic mass is 35.5. The van der Waals surface area contributed by atoms with Gasteiger partial charge in [0, 0.05) is 6.20 Å². The molecule has 1 heterocycles. The van der Waals surface area contributed by atoms with Crippen LogP contribution in [0.3, 0.4) is 0 Å². The van der Waals surface area contributed by atoms with Crippen molar-refractivity contribution in [1.82, 2.24) is 4.98 Å². The van der Waals surface area contributed by atoms with Crippen molar-refractivity contribution in [3.05, 3.63) is 29.0 Å². The van der Waals surface area contributed by atoms with Crippen molar-refractivity contribution in [3.8, 4) is 0 Å². The first-order valence-electron chi connectivity index (χ1n) is 3.79. The van der Waals surface area contributed by atoms with E-state index in [1.807, 2.05) is 12.1 Å². The van der Waals surface area contributed by atoms with Gasteiger partial charge in [-0.25, -0.2) is 0 Å². The second-order valence-electron chi connectivity index (χ2n) is 3.03. The van der Waals surface area contributed by atoms with E-state index in [-0.39, 0.29) is 0 Å². The minimum atomic E-state index is 0.613. The zero-order valence-electron chi connectivity index (χ0n) is 6.84. The van der Waals surface area contributed by atoms with Crippen molar-refractivity contribution in [2.45, 2.75) is 20.3 Å². The number of aromatic nitrogens is 1. The van der Waals surface area contributed by atoms with Gasteiger partial charge in [0.15, 0.2) is 0 Å². The Morgan fingerprint density at radius 2 is 2.27 bits per heavy atom. The highest BCUT2D eigenvalue weighted by molar-refractivity contribution is 6.31. The van der Waals surface area contributed by atoms with Gasteiger partial charge in [-0.2, -0.15) is 0 Å². The summed E-state index contributed by atoms with van der Waals surface area (Å²) in [5.41, 5.74) is 1.00. The molecule has 1 aromatic heterocycles. The van der Waals surface area contributed by atoms with Crippen molar-refractivity contribution < 1.29 is 0 Å². The normalized spacial score (nSPS) is 10.5. The zero-order valence-corrected chi connectivity index (χ0v) is 7.60. The molecule has 0 unspecified atom stereocenters. The Bertz CT molecular complexity index is 233. The number of rotatable bonds is 2. The quantitative estimate of drug-likeness (QED) is 0.664. The molecule has 0 amide bonds. The lowest BCUT2D eigenvalue weighted by Crippen LogP contribution is -1.97. The Labute approximate surface area is 72.4 Å². The van der Waals surface area contributed by atoms with Crippen molar-refractivity contribution in [1.29, 1.82) is 0 Å². The smallest absolute Gasteiger partial charge is 0.0621 e. The van der Waals surface area contributed by atoms with E-state index in [1.54, 1.807) is 6.20 Å². The summed E-state index contributed by atoms with van der Waals surface area (Å²) < 4.78 is 0. The molecule has 0 aliphatic carbocycles. The Balaban J connectivity index is 2.78. The summed E-state index contributed by atoms with van der Waals surface area (Å²) in [5, 5.41) is 0.779. The summed E-state index contributed by atoms with van der Waals surface area (Å²) in [6.07, 6.45) is 2.74. The molecule has 0 atom stereocenters. The predicted octanol–water partition coefficient (Wildman–Crippen LogP) is 2.93. The molecule has 1 aromatic rings. The van der Waals surface area contributed by atoms with Crippen LogP contribution in [0, 0.1) is 5.92 Å². The third-order valence-electron chi connectivity index (χ3n) is 1.44. The number of pyridine rings is 1. The minimum absolute atomic E-state index is 0.613. The molecule has 0 spiro atoms. The topological polar surface area (TPSA) is 12.9 Å². The third kappa shape index (κ3) is 2.51. The lowest BCUT2D eigenvalue weighted by atomic mass is 10.1. The van der Waals surface area contributed by atoms with E-state index >= 15 is 0 Å². The average Bonchev–Trinajstić information content (AvgIpc) is 1.93. The van der Waals surface area contributed by atoms with E-state index in [9.17, 15) is 0 Å². The van der Waals surface area contributed by atoms with Gasteiger partial charge in [-0.05, 0) is 24.5 Å². The summed E-state index contributed by atoms with van der Waals surface area (Å²) in [6.45, 7) is 4.32. The highest BCUT2D eigenvalue weighted by Crippen LogP contribution is 2.15. The molecule has 0 aromatic carbocycles. The number of nitrogens with zero attached hydrogens (tertiary/aromatic N) is 1. The Kier molecular flexibility index (Phi) is 2.89. The molecule has 1 nitrogen and oxygen atoms in total. The van der Waals surface area contributed by atoms with Gasteiger partial charge in [-0.3, -0.25) is 4.98 Å². The summed E-state index contributed by atoms with van der Waals surface area (Å²) >= 11 is 5.91. The fraction of sp³-hybridized carbons (Fsp3) is 0.444. The van der Waals surface area contributed by atoms with Crippen molar-refractivity contribution in [2.75, 3.05) is 0 Å². The van der Waals surface area contributed by atoms with E-state index in [0.717, 1.165) is 17.1 Å². The van der Waals surface area contributed by atoms with Crippen LogP contribution in [0.5, 0.6) is 0 Å². The second kappa shape index (κ2) is 3.72. The summed E-state index contributed by atoms with van der Waals surface area (Å²) in [7, 11) is 0. The molecule has 0 saturated heterocycles. The van der Waals surface area contributed by atoms with Gasteiger partial charge in [0.2, 0.25) is 0 Å². The van der Waals surface area contributed by atoms with Gasteiger partial charge >= 0.3 is 0 Å². The maximum Gasteiger partial charge on any atom is 0.0621 e. The maximum atomic E-state index is 5.91. The molecule has 0 aliphatic rings. The molecule has 0 saturated carbocycles. The van der Waals surface area contributed by atoms with Crippen molar-refractivity contribution in [2.24, 2.45) is 5.92 Å². The molecule has 0 aliphatic heterocycles. The number of hydrogen-bond acceptors (Lipinski definition) is 1. The van der Waals surface area contributed by atoms with Crippen LogP contribution in [0.25, 0.3) is 0 Å². The molecular formula is C9H12ClN. The molecule has 11 heavy (non-hydrogen) atoms. The molecule has 0 radical (unpaired) electrons. The van der Waals surface area contributed by atoms with E-state index in [1.165, 1.54) is 0 Å². The fourth-order valence-corrected chi connectivity index (χ4v) is 1.15. The first kappa shape index (κ1) is 8.54. The Hall–Kier alpha value is -0.560. The van der Waals surface area contributed by atoms with Crippen LogP contribution >= 0.6 is 11.6 Å². The number of hydrogen-bond donors (Lipinski definition) is 0. The monoisotopic (exact) mass is 169 g/mol. The van der Waals surface area contributed by atoms with E-state index in [0.29, 0.717) is 5.92 Å². The van der Waals surface area contributed by atoms with E-state index < -0.39 is 0 Å². The predicted molar refractivity (Wildman–Crippen MR) is 47.8 cm³/mol. The summed E-state index contributed by atoms with van der Waals surface area (Å²) in [4.78, 5) is 4.19. The highest BCUT2D eigenvalue weighted by Gasteiger charge is 2.02. The van der Waals surface area contributed by atoms with Gasteiger partial charge in [-0.1, -0.05) is 25.4 Å². The SMILES string of the molecule is CC(C)Cc1ncccc1Cl. The standard InChI is InChI=1S/C9H12ClN/c1-7(2)6-9-8(10)4-3-5-11-9/h3-5,7H,6H2,1-2H3. The van der Waals surface area contributed by atoms with Crippen LogP contribution in [0.4, 0.5) is 0 Å². The summed E-state index contributed by atoms with van der Waals surface area (Å²) in [5.74, 6) is 0.613. The molecule has 0 fully saturated rings. The molecule has 2 heteroatoms. The van der Waals surface area contributed by atoms with Gasteiger partial charge < -0.3 is 0 Å². The van der Waals surface area contributed by atoms with E-state index in [2.05, 4.69) is 18.8 Å². The van der Waals surface area contributed by atoms with Crippen LogP contribution in [0.15, 0.2) is 18.3 Å². The van der Waals surface area contributed by atoms with Gasteiger partial charge in [0.25, 0.3) is 0 Å². The van der Waals surface area contributed by atoms with Crippen LogP contribution < -0.4 is 0 Å². The second-order valence-corrected chi connectivity index (χ2v) is 3.44. The lowest BCUT2D eigenvalue weighted by Gasteiger charge is -2.04. The van der Waals surface area contributed by atoms with Gasteiger partial charge in [0.05, 0.1) is 10.7 Å².